The molecule has 1 amide bonds. The molecule has 0 aliphatic carbocycles. The highest BCUT2D eigenvalue weighted by Gasteiger charge is 2.15. The fraction of sp³-hybridized carbons (Fsp3) is 0.381. The van der Waals surface area contributed by atoms with Crippen LogP contribution in [-0.4, -0.2) is 24.8 Å². The lowest BCUT2D eigenvalue weighted by Crippen LogP contribution is -2.21. The van der Waals surface area contributed by atoms with Crippen molar-refractivity contribution in [2.24, 2.45) is 10.2 Å². The molecule has 2 aromatic carbocycles. The molecule has 0 aliphatic heterocycles. The topological polar surface area (TPSA) is 72.3 Å². The normalized spacial score (nSPS) is 11.6. The van der Waals surface area contributed by atoms with Gasteiger partial charge in [0.1, 0.15) is 17.1 Å². The zero-order chi connectivity index (χ0) is 19.7. The third-order valence-corrected chi connectivity index (χ3v) is 3.48. The van der Waals surface area contributed by atoms with Crippen molar-refractivity contribution in [3.05, 3.63) is 54.1 Å². The lowest BCUT2D eigenvalue weighted by Gasteiger charge is -2.16. The summed E-state index contributed by atoms with van der Waals surface area (Å²) in [6, 6.07) is 15.1. The lowest BCUT2D eigenvalue weighted by atomic mass is 10.1. The number of amides is 1. The molecule has 0 atom stereocenters. The Morgan fingerprint density at radius 2 is 1.59 bits per heavy atom. The Morgan fingerprint density at radius 3 is 2.15 bits per heavy atom. The van der Waals surface area contributed by atoms with E-state index in [1.807, 2.05) is 12.1 Å². The molecule has 0 aliphatic rings. The minimum atomic E-state index is -0.711. The van der Waals surface area contributed by atoms with Gasteiger partial charge in [0.2, 0.25) is 0 Å². The molecule has 144 valence electrons. The van der Waals surface area contributed by atoms with Crippen LogP contribution in [0.25, 0.3) is 0 Å². The predicted molar refractivity (Wildman–Crippen MR) is 106 cm³/mol. The molecule has 0 heterocycles. The largest absolute Gasteiger partial charge is 0.457 e. The first-order chi connectivity index (χ1) is 12.9. The molecule has 0 fully saturated rings. The second kappa shape index (κ2) is 9.83. The molecule has 0 saturated heterocycles. The van der Waals surface area contributed by atoms with E-state index in [2.05, 4.69) is 34.6 Å². The van der Waals surface area contributed by atoms with Crippen LogP contribution in [0.3, 0.4) is 0 Å². The van der Waals surface area contributed by atoms with Gasteiger partial charge in [0, 0.05) is 0 Å². The van der Waals surface area contributed by atoms with Crippen LogP contribution >= 0.6 is 0 Å². The van der Waals surface area contributed by atoms with Crippen molar-refractivity contribution in [2.45, 2.75) is 39.7 Å². The summed E-state index contributed by atoms with van der Waals surface area (Å²) in [5.74, 6) is 1.46. The van der Waals surface area contributed by atoms with E-state index in [-0.39, 0.29) is 0 Å². The van der Waals surface area contributed by atoms with Crippen molar-refractivity contribution in [3.63, 3.8) is 0 Å². The van der Waals surface area contributed by atoms with Crippen LogP contribution in [-0.2, 0) is 11.2 Å². The molecular weight excluding hydrogens is 342 g/mol. The Bertz CT molecular complexity index is 748. The standard InChI is InChI=1S/C21H27N3O3/c1-5-22-15-14-16-6-10-18(11-7-16)26-19-12-8-17(9-13-19)23-24-20(25)27-21(2,3)4/h6-13,22H,5,14-15H2,1-4H3. The average molecular weight is 369 g/mol. The first kappa shape index (κ1) is 20.6. The van der Waals surface area contributed by atoms with Crippen molar-refractivity contribution in [1.29, 1.82) is 0 Å². The fourth-order valence-corrected chi connectivity index (χ4v) is 2.23. The minimum absolute atomic E-state index is 0.548. The van der Waals surface area contributed by atoms with Gasteiger partial charge in [-0.1, -0.05) is 24.2 Å². The lowest BCUT2D eigenvalue weighted by molar-refractivity contribution is 0.0592. The number of azo groups is 1. The van der Waals surface area contributed by atoms with Crippen LogP contribution in [0.4, 0.5) is 10.5 Å². The number of likely N-dealkylation sites (N-methyl/N-ethyl adjacent to an activating group) is 1. The maximum absolute atomic E-state index is 11.5. The van der Waals surface area contributed by atoms with E-state index in [0.29, 0.717) is 11.4 Å². The maximum Gasteiger partial charge on any atom is 0.452 e. The zero-order valence-electron chi connectivity index (χ0n) is 16.4. The molecule has 2 rings (SSSR count). The van der Waals surface area contributed by atoms with Gasteiger partial charge >= 0.3 is 6.09 Å². The molecule has 0 aromatic heterocycles. The van der Waals surface area contributed by atoms with E-state index in [1.54, 1.807) is 45.0 Å². The summed E-state index contributed by atoms with van der Waals surface area (Å²) in [6.45, 7) is 9.38. The van der Waals surface area contributed by atoms with Gasteiger partial charge in [-0.15, -0.1) is 5.11 Å². The molecule has 0 unspecified atom stereocenters. The Labute approximate surface area is 160 Å². The molecule has 27 heavy (non-hydrogen) atoms. The second-order valence-corrected chi connectivity index (χ2v) is 7.02. The van der Waals surface area contributed by atoms with Gasteiger partial charge in [0.05, 0.1) is 5.69 Å². The highest BCUT2D eigenvalue weighted by atomic mass is 16.6. The van der Waals surface area contributed by atoms with Crippen molar-refractivity contribution in [1.82, 2.24) is 5.32 Å². The Hall–Kier alpha value is -2.73. The molecule has 2 aromatic rings. The number of hydrogen-bond donors (Lipinski definition) is 1. The number of nitrogens with one attached hydrogen (secondary N) is 1. The first-order valence-electron chi connectivity index (χ1n) is 9.08. The molecule has 6 heteroatoms. The Morgan fingerprint density at radius 1 is 1.00 bits per heavy atom. The number of carbonyl (C=O) groups is 1. The summed E-state index contributed by atoms with van der Waals surface area (Å²) in [6.07, 6.45) is 0.280. The van der Waals surface area contributed by atoms with E-state index >= 15 is 0 Å². The number of hydrogen-bond acceptors (Lipinski definition) is 5. The van der Waals surface area contributed by atoms with Gasteiger partial charge < -0.3 is 14.8 Å². The third kappa shape index (κ3) is 8.00. The number of rotatable bonds is 7. The molecular formula is C21H27N3O3. The predicted octanol–water partition coefficient (Wildman–Crippen LogP) is 5.65. The van der Waals surface area contributed by atoms with Crippen molar-refractivity contribution < 1.29 is 14.3 Å². The molecule has 6 nitrogen and oxygen atoms in total. The van der Waals surface area contributed by atoms with E-state index in [9.17, 15) is 4.79 Å². The van der Waals surface area contributed by atoms with Gasteiger partial charge in [-0.05, 0) is 82.2 Å². The highest BCUT2D eigenvalue weighted by Crippen LogP contribution is 2.24. The van der Waals surface area contributed by atoms with Gasteiger partial charge in [-0.3, -0.25) is 0 Å². The van der Waals surface area contributed by atoms with E-state index in [4.69, 9.17) is 9.47 Å². The number of benzene rings is 2. The smallest absolute Gasteiger partial charge is 0.452 e. The number of nitrogens with zero attached hydrogens (tertiary/aromatic N) is 2. The highest BCUT2D eigenvalue weighted by molar-refractivity contribution is 5.68. The van der Waals surface area contributed by atoms with Crippen LogP contribution < -0.4 is 10.1 Å². The van der Waals surface area contributed by atoms with Crippen molar-refractivity contribution in [3.8, 4) is 11.5 Å². The van der Waals surface area contributed by atoms with Crippen LogP contribution in [0.5, 0.6) is 11.5 Å². The second-order valence-electron chi connectivity index (χ2n) is 7.02. The fourth-order valence-electron chi connectivity index (χ4n) is 2.23. The van der Waals surface area contributed by atoms with E-state index < -0.39 is 11.7 Å². The Balaban J connectivity index is 1.89. The number of ether oxygens (including phenoxy) is 2. The summed E-state index contributed by atoms with van der Waals surface area (Å²) in [4.78, 5) is 11.5. The summed E-state index contributed by atoms with van der Waals surface area (Å²) in [7, 11) is 0. The van der Waals surface area contributed by atoms with Crippen molar-refractivity contribution >= 4 is 11.8 Å². The van der Waals surface area contributed by atoms with Gasteiger partial charge in [-0.25, -0.2) is 4.79 Å². The summed E-state index contributed by atoms with van der Waals surface area (Å²) < 4.78 is 10.9. The number of carbonyl (C=O) groups excluding carboxylic acids is 1. The van der Waals surface area contributed by atoms with Gasteiger partial charge in [-0.2, -0.15) is 0 Å². The first-order valence-corrected chi connectivity index (χ1v) is 9.08. The van der Waals surface area contributed by atoms with Crippen LogP contribution in [0.2, 0.25) is 0 Å². The summed E-state index contributed by atoms with van der Waals surface area (Å²) in [5, 5.41) is 10.7. The quantitative estimate of drug-likeness (QED) is 0.505. The minimum Gasteiger partial charge on any atom is -0.457 e. The molecule has 0 saturated carbocycles. The van der Waals surface area contributed by atoms with E-state index in [1.165, 1.54) is 5.56 Å². The summed E-state index contributed by atoms with van der Waals surface area (Å²) in [5.41, 5.74) is 1.23. The van der Waals surface area contributed by atoms with Crippen LogP contribution in [0, 0.1) is 0 Å². The van der Waals surface area contributed by atoms with E-state index in [0.717, 1.165) is 25.3 Å². The maximum atomic E-state index is 11.5. The Kier molecular flexibility index (Phi) is 7.49. The van der Waals surface area contributed by atoms with Gasteiger partial charge in [0.25, 0.3) is 0 Å². The van der Waals surface area contributed by atoms with Gasteiger partial charge in [0.15, 0.2) is 0 Å². The molecule has 0 bridgehead atoms. The molecule has 0 radical (unpaired) electrons. The third-order valence-electron chi connectivity index (χ3n) is 3.48. The van der Waals surface area contributed by atoms with Crippen LogP contribution in [0.15, 0.2) is 58.8 Å². The molecule has 1 N–H and O–H groups in total. The van der Waals surface area contributed by atoms with Crippen LogP contribution in [0.1, 0.15) is 33.3 Å². The average Bonchev–Trinajstić information content (AvgIpc) is 2.61. The molecule has 0 spiro atoms. The summed E-state index contributed by atoms with van der Waals surface area (Å²) >= 11 is 0. The zero-order valence-corrected chi connectivity index (χ0v) is 16.4. The SMILES string of the molecule is CCNCCc1ccc(Oc2ccc(N=NC(=O)OC(C)(C)C)cc2)cc1. The van der Waals surface area contributed by atoms with Crippen molar-refractivity contribution in [2.75, 3.05) is 13.1 Å². The monoisotopic (exact) mass is 369 g/mol.